The Balaban J connectivity index is 1.27. The fourth-order valence-corrected chi connectivity index (χ4v) is 7.90. The highest BCUT2D eigenvalue weighted by molar-refractivity contribution is 5.84. The first kappa shape index (κ1) is 23.7. The molecule has 1 aromatic rings. The normalized spacial score (nSPS) is 33.1. The third-order valence-corrected chi connectivity index (χ3v) is 8.76. The molecule has 6 heteroatoms. The maximum Gasteiger partial charge on any atom is 0.234 e. The van der Waals surface area contributed by atoms with Crippen LogP contribution in [0.3, 0.4) is 0 Å². The largest absolute Gasteiger partial charge is 0.497 e. The predicted molar refractivity (Wildman–Crippen MR) is 133 cm³/mol. The van der Waals surface area contributed by atoms with Crippen molar-refractivity contribution in [3.05, 3.63) is 29.8 Å². The van der Waals surface area contributed by atoms with Crippen molar-refractivity contribution >= 4 is 11.8 Å². The van der Waals surface area contributed by atoms with Crippen molar-refractivity contribution in [1.82, 2.24) is 15.1 Å². The molecule has 4 bridgehead atoms. The molecule has 0 radical (unpaired) electrons. The van der Waals surface area contributed by atoms with Crippen LogP contribution in [0.25, 0.3) is 0 Å². The number of ether oxygens (including phenoxy) is 1. The molecule has 5 aliphatic rings. The van der Waals surface area contributed by atoms with E-state index in [1.807, 2.05) is 20.8 Å². The van der Waals surface area contributed by atoms with Gasteiger partial charge >= 0.3 is 0 Å². The molecule has 4 aliphatic carbocycles. The Morgan fingerprint density at radius 3 is 2.18 bits per heavy atom. The number of nitrogens with one attached hydrogen (secondary N) is 1. The Labute approximate surface area is 204 Å². The molecule has 186 valence electrons. The van der Waals surface area contributed by atoms with Gasteiger partial charge in [0.1, 0.15) is 5.75 Å². The van der Waals surface area contributed by atoms with E-state index in [9.17, 15) is 9.59 Å². The molecule has 1 heterocycles. The Hall–Kier alpha value is -2.08. The molecule has 6 nitrogen and oxygen atoms in total. The highest BCUT2D eigenvalue weighted by atomic mass is 16.5. The lowest BCUT2D eigenvalue weighted by atomic mass is 9.42. The number of benzene rings is 1. The van der Waals surface area contributed by atoms with Crippen molar-refractivity contribution in [1.29, 1.82) is 0 Å². The van der Waals surface area contributed by atoms with E-state index >= 15 is 0 Å². The number of amides is 2. The van der Waals surface area contributed by atoms with Crippen LogP contribution in [0, 0.1) is 17.3 Å². The molecule has 5 fully saturated rings. The summed E-state index contributed by atoms with van der Waals surface area (Å²) in [6.45, 7) is 9.44. The minimum atomic E-state index is -0.215. The molecule has 34 heavy (non-hydrogen) atoms. The van der Waals surface area contributed by atoms with Gasteiger partial charge in [0.15, 0.2) is 0 Å². The fraction of sp³-hybridized carbons (Fsp3) is 0.714. The predicted octanol–water partition coefficient (Wildman–Crippen LogP) is 3.59. The molecule has 6 rings (SSSR count). The van der Waals surface area contributed by atoms with Crippen molar-refractivity contribution in [3.8, 4) is 5.75 Å². The van der Waals surface area contributed by atoms with Crippen LogP contribution < -0.4 is 10.1 Å². The Morgan fingerprint density at radius 1 is 1.00 bits per heavy atom. The lowest BCUT2D eigenvalue weighted by molar-refractivity contribution is -0.162. The van der Waals surface area contributed by atoms with E-state index in [2.05, 4.69) is 39.4 Å². The van der Waals surface area contributed by atoms with E-state index in [0.29, 0.717) is 24.3 Å². The summed E-state index contributed by atoms with van der Waals surface area (Å²) < 4.78 is 5.39. The first-order valence-corrected chi connectivity index (χ1v) is 13.1. The number of piperazine rings is 1. The van der Waals surface area contributed by atoms with Gasteiger partial charge in [-0.05, 0) is 94.2 Å². The molecule has 1 saturated heterocycles. The van der Waals surface area contributed by atoms with Crippen molar-refractivity contribution < 1.29 is 14.3 Å². The second-order valence-corrected chi connectivity index (χ2v) is 12.6. The molecule has 2 atom stereocenters. The van der Waals surface area contributed by atoms with E-state index in [1.54, 1.807) is 7.11 Å². The lowest BCUT2D eigenvalue weighted by Crippen LogP contribution is -2.61. The smallest absolute Gasteiger partial charge is 0.234 e. The number of hydrogen-bond donors (Lipinski definition) is 1. The molecule has 2 amide bonds. The molecule has 2 unspecified atom stereocenters. The van der Waals surface area contributed by atoms with Gasteiger partial charge in [-0.3, -0.25) is 14.5 Å². The molecule has 4 saturated carbocycles. The van der Waals surface area contributed by atoms with Crippen LogP contribution >= 0.6 is 0 Å². The third-order valence-electron chi connectivity index (χ3n) is 8.76. The zero-order valence-corrected chi connectivity index (χ0v) is 21.4. The average molecular weight is 468 g/mol. The summed E-state index contributed by atoms with van der Waals surface area (Å²) in [7, 11) is 1.71. The highest BCUT2D eigenvalue weighted by Crippen LogP contribution is 2.66. The molecular formula is C28H41N3O3. The van der Waals surface area contributed by atoms with Crippen LogP contribution in [-0.4, -0.2) is 67.0 Å². The van der Waals surface area contributed by atoms with Gasteiger partial charge < -0.3 is 15.0 Å². The SMILES string of the molecule is COc1ccc(C23CC4CC(CC(C(=O)N5CCN(CC(=O)NC(C)(C)C)CC5)(C4)C2)C3)cc1. The minimum Gasteiger partial charge on any atom is -0.497 e. The van der Waals surface area contributed by atoms with E-state index in [0.717, 1.165) is 51.2 Å². The summed E-state index contributed by atoms with van der Waals surface area (Å²) >= 11 is 0. The summed E-state index contributed by atoms with van der Waals surface area (Å²) in [6, 6.07) is 8.64. The Bertz CT molecular complexity index is 913. The van der Waals surface area contributed by atoms with Gasteiger partial charge in [0, 0.05) is 31.7 Å². The van der Waals surface area contributed by atoms with Gasteiger partial charge in [0.05, 0.1) is 19.1 Å². The zero-order valence-electron chi connectivity index (χ0n) is 21.4. The van der Waals surface area contributed by atoms with Crippen LogP contribution in [0.5, 0.6) is 5.75 Å². The van der Waals surface area contributed by atoms with Gasteiger partial charge in [-0.25, -0.2) is 0 Å². The second kappa shape index (κ2) is 8.54. The van der Waals surface area contributed by atoms with Crippen LogP contribution in [0.4, 0.5) is 0 Å². The maximum absolute atomic E-state index is 14.1. The molecule has 1 aromatic carbocycles. The topological polar surface area (TPSA) is 61.9 Å². The first-order chi connectivity index (χ1) is 16.1. The molecule has 0 aromatic heterocycles. The number of carbonyl (C=O) groups is 2. The maximum atomic E-state index is 14.1. The number of carbonyl (C=O) groups excluding carboxylic acids is 2. The zero-order chi connectivity index (χ0) is 24.1. The van der Waals surface area contributed by atoms with Crippen molar-refractivity contribution in [3.63, 3.8) is 0 Å². The summed E-state index contributed by atoms with van der Waals surface area (Å²) in [5.41, 5.74) is 1.12. The summed E-state index contributed by atoms with van der Waals surface area (Å²) in [5, 5.41) is 3.05. The van der Waals surface area contributed by atoms with Crippen LogP contribution in [0.1, 0.15) is 64.9 Å². The highest BCUT2D eigenvalue weighted by Gasteiger charge is 2.61. The van der Waals surface area contributed by atoms with Crippen molar-refractivity contribution in [2.24, 2.45) is 17.3 Å². The van der Waals surface area contributed by atoms with Crippen molar-refractivity contribution in [2.45, 2.75) is 70.3 Å². The third kappa shape index (κ3) is 4.46. The van der Waals surface area contributed by atoms with Gasteiger partial charge in [-0.15, -0.1) is 0 Å². The van der Waals surface area contributed by atoms with Gasteiger partial charge in [0.25, 0.3) is 0 Å². The van der Waals surface area contributed by atoms with Crippen LogP contribution in [0.15, 0.2) is 24.3 Å². The standard InChI is InChI=1S/C28H41N3O3/c1-26(2,3)29-24(32)18-30-9-11-31(12-10-30)25(33)28-16-20-13-21(17-28)15-27(14-20,19-28)22-5-7-23(34-4)8-6-22/h5-8,20-21H,9-19H2,1-4H3,(H,29,32). The van der Waals surface area contributed by atoms with Crippen molar-refractivity contribution in [2.75, 3.05) is 39.8 Å². The quantitative estimate of drug-likeness (QED) is 0.719. The van der Waals surface area contributed by atoms with Crippen LogP contribution in [0.2, 0.25) is 0 Å². The van der Waals surface area contributed by atoms with E-state index in [-0.39, 0.29) is 22.3 Å². The van der Waals surface area contributed by atoms with E-state index in [1.165, 1.54) is 24.8 Å². The van der Waals surface area contributed by atoms with Crippen LogP contribution in [-0.2, 0) is 15.0 Å². The Morgan fingerprint density at radius 2 is 1.62 bits per heavy atom. The average Bonchev–Trinajstić information content (AvgIpc) is 2.77. The minimum absolute atomic E-state index is 0.0646. The first-order valence-electron chi connectivity index (χ1n) is 13.1. The fourth-order valence-electron chi connectivity index (χ4n) is 7.90. The molecule has 1 N–H and O–H groups in total. The molecule has 0 spiro atoms. The number of rotatable bonds is 5. The van der Waals surface area contributed by atoms with Gasteiger partial charge in [-0.2, -0.15) is 0 Å². The van der Waals surface area contributed by atoms with Gasteiger partial charge in [-0.1, -0.05) is 12.1 Å². The lowest BCUT2D eigenvalue weighted by Gasteiger charge is -2.62. The monoisotopic (exact) mass is 467 g/mol. The second-order valence-electron chi connectivity index (χ2n) is 12.6. The number of methoxy groups -OCH3 is 1. The summed E-state index contributed by atoms with van der Waals surface area (Å²) in [4.78, 5) is 30.7. The summed E-state index contributed by atoms with van der Waals surface area (Å²) in [5.74, 6) is 2.67. The van der Waals surface area contributed by atoms with E-state index in [4.69, 9.17) is 4.74 Å². The molecule has 1 aliphatic heterocycles. The summed E-state index contributed by atoms with van der Waals surface area (Å²) in [6.07, 6.45) is 6.86. The number of hydrogen-bond acceptors (Lipinski definition) is 4. The molecular weight excluding hydrogens is 426 g/mol. The number of nitrogens with zero attached hydrogens (tertiary/aromatic N) is 2. The van der Waals surface area contributed by atoms with E-state index < -0.39 is 0 Å². The Kier molecular flexibility index (Phi) is 5.94. The van der Waals surface area contributed by atoms with Gasteiger partial charge in [0.2, 0.25) is 11.8 Å².